The summed E-state index contributed by atoms with van der Waals surface area (Å²) in [5.41, 5.74) is 5.34. The van der Waals surface area contributed by atoms with Crippen LogP contribution < -0.4 is 5.73 Å². The molecule has 0 aromatic heterocycles. The molecule has 1 aromatic carbocycles. The van der Waals surface area contributed by atoms with Gasteiger partial charge in [0.05, 0.1) is 0 Å². The number of nitrogens with two attached hydrogens (primary N) is 1. The lowest BCUT2D eigenvalue weighted by Gasteiger charge is -1.93. The maximum absolute atomic E-state index is 10.5. The summed E-state index contributed by atoms with van der Waals surface area (Å²) in [6, 6.07) is 5.77. The molecule has 0 unspecified atom stereocenters. The zero-order valence-corrected chi connectivity index (χ0v) is 5.74. The number of benzene rings is 1. The smallest absolute Gasteiger partial charge is 0.248 e. The molecule has 60 valence electrons. The Labute approximate surface area is 63.6 Å². The molecule has 0 heterocycles. The third-order valence-electron chi connectivity index (χ3n) is 1.15. The standard InChI is InChI=1S/C7H7NO2.H2O/c8-7(10)5-1-3-6(9)4-2-5;/h1-4,9H,(H2,8,10);1H2. The van der Waals surface area contributed by atoms with Crippen LogP contribution in [0.5, 0.6) is 5.75 Å². The second-order valence-corrected chi connectivity index (χ2v) is 1.91. The number of amides is 1. The molecule has 4 heteroatoms. The Morgan fingerprint density at radius 1 is 1.27 bits per heavy atom. The van der Waals surface area contributed by atoms with Crippen LogP contribution in [0.25, 0.3) is 0 Å². The minimum absolute atomic E-state index is 0. The Morgan fingerprint density at radius 2 is 1.73 bits per heavy atom. The van der Waals surface area contributed by atoms with E-state index in [-0.39, 0.29) is 11.2 Å². The van der Waals surface area contributed by atoms with Gasteiger partial charge in [-0.3, -0.25) is 4.79 Å². The van der Waals surface area contributed by atoms with Crippen molar-refractivity contribution < 1.29 is 15.4 Å². The fourth-order valence-electron chi connectivity index (χ4n) is 0.626. The van der Waals surface area contributed by atoms with E-state index in [1.165, 1.54) is 24.3 Å². The van der Waals surface area contributed by atoms with E-state index in [0.29, 0.717) is 5.56 Å². The summed E-state index contributed by atoms with van der Waals surface area (Å²) in [6.45, 7) is 0. The fourth-order valence-corrected chi connectivity index (χ4v) is 0.626. The third kappa shape index (κ3) is 2.27. The quantitative estimate of drug-likeness (QED) is 0.580. The normalized spacial score (nSPS) is 8.36. The molecule has 0 radical (unpaired) electrons. The highest BCUT2D eigenvalue weighted by Gasteiger charge is 1.96. The van der Waals surface area contributed by atoms with E-state index in [0.717, 1.165) is 0 Å². The molecule has 4 nitrogen and oxygen atoms in total. The van der Waals surface area contributed by atoms with Crippen LogP contribution in [0.2, 0.25) is 0 Å². The van der Waals surface area contributed by atoms with Gasteiger partial charge in [0, 0.05) is 5.56 Å². The number of phenols is 1. The number of rotatable bonds is 1. The van der Waals surface area contributed by atoms with Crippen LogP contribution in [0.1, 0.15) is 10.4 Å². The van der Waals surface area contributed by atoms with Gasteiger partial charge in [0.15, 0.2) is 0 Å². The largest absolute Gasteiger partial charge is 0.508 e. The Bertz CT molecular complexity index is 242. The van der Waals surface area contributed by atoms with E-state index in [1.807, 2.05) is 0 Å². The van der Waals surface area contributed by atoms with Gasteiger partial charge in [0.1, 0.15) is 5.75 Å². The molecule has 0 aliphatic rings. The van der Waals surface area contributed by atoms with E-state index < -0.39 is 5.91 Å². The van der Waals surface area contributed by atoms with Crippen molar-refractivity contribution in [1.82, 2.24) is 0 Å². The van der Waals surface area contributed by atoms with E-state index in [4.69, 9.17) is 10.8 Å². The predicted octanol–water partition coefficient (Wildman–Crippen LogP) is -0.334. The molecule has 0 aliphatic heterocycles. The van der Waals surface area contributed by atoms with Crippen molar-refractivity contribution in [2.75, 3.05) is 0 Å². The first kappa shape index (κ1) is 9.45. The van der Waals surface area contributed by atoms with Crippen molar-refractivity contribution in [1.29, 1.82) is 0 Å². The Balaban J connectivity index is 0.000001000. The maximum atomic E-state index is 10.5. The number of hydrogen-bond donors (Lipinski definition) is 2. The number of hydrogen-bond acceptors (Lipinski definition) is 2. The van der Waals surface area contributed by atoms with Gasteiger partial charge in [-0.1, -0.05) is 0 Å². The topological polar surface area (TPSA) is 94.8 Å². The second kappa shape index (κ2) is 3.58. The lowest BCUT2D eigenvalue weighted by molar-refractivity contribution is 0.100. The van der Waals surface area contributed by atoms with Gasteiger partial charge in [-0.25, -0.2) is 0 Å². The van der Waals surface area contributed by atoms with E-state index >= 15 is 0 Å². The van der Waals surface area contributed by atoms with Crippen LogP contribution in [0.3, 0.4) is 0 Å². The molecule has 0 atom stereocenters. The van der Waals surface area contributed by atoms with Crippen LogP contribution in [-0.4, -0.2) is 16.5 Å². The lowest BCUT2D eigenvalue weighted by Crippen LogP contribution is -2.10. The summed E-state index contributed by atoms with van der Waals surface area (Å²) in [5.74, 6) is -0.356. The Morgan fingerprint density at radius 3 is 2.09 bits per heavy atom. The van der Waals surface area contributed by atoms with Crippen molar-refractivity contribution in [3.8, 4) is 5.75 Å². The SMILES string of the molecule is NC(=O)c1ccc(O)cc1.O. The average molecular weight is 155 g/mol. The first-order valence-electron chi connectivity index (χ1n) is 2.79. The third-order valence-corrected chi connectivity index (χ3v) is 1.15. The van der Waals surface area contributed by atoms with Crippen molar-refractivity contribution in [2.45, 2.75) is 0 Å². The van der Waals surface area contributed by atoms with E-state index in [9.17, 15) is 4.79 Å². The highest BCUT2D eigenvalue weighted by atomic mass is 16.3. The van der Waals surface area contributed by atoms with Gasteiger partial charge in [-0.15, -0.1) is 0 Å². The molecule has 0 aliphatic carbocycles. The molecule has 11 heavy (non-hydrogen) atoms. The van der Waals surface area contributed by atoms with Gasteiger partial charge < -0.3 is 16.3 Å². The number of carbonyl (C=O) groups is 1. The zero-order chi connectivity index (χ0) is 7.56. The maximum Gasteiger partial charge on any atom is 0.248 e. The molecule has 0 bridgehead atoms. The highest BCUT2D eigenvalue weighted by molar-refractivity contribution is 5.92. The average Bonchev–Trinajstić information content (AvgIpc) is 1.88. The first-order chi connectivity index (χ1) is 4.70. The number of phenolic OH excluding ortho intramolecular Hbond substituents is 1. The zero-order valence-electron chi connectivity index (χ0n) is 5.74. The molecule has 0 saturated heterocycles. The molecule has 0 spiro atoms. The van der Waals surface area contributed by atoms with Crippen molar-refractivity contribution in [3.63, 3.8) is 0 Å². The number of carbonyl (C=O) groups excluding carboxylic acids is 1. The second-order valence-electron chi connectivity index (χ2n) is 1.91. The van der Waals surface area contributed by atoms with Crippen LogP contribution in [0.4, 0.5) is 0 Å². The molecular weight excluding hydrogens is 146 g/mol. The summed E-state index contributed by atoms with van der Waals surface area (Å²) in [5, 5.41) is 8.79. The van der Waals surface area contributed by atoms with Crippen LogP contribution >= 0.6 is 0 Å². The number of aromatic hydroxyl groups is 1. The molecule has 1 amide bonds. The predicted molar refractivity (Wildman–Crippen MR) is 40.2 cm³/mol. The van der Waals surface area contributed by atoms with Gasteiger partial charge in [-0.2, -0.15) is 0 Å². The molecule has 5 N–H and O–H groups in total. The van der Waals surface area contributed by atoms with E-state index in [1.54, 1.807) is 0 Å². The van der Waals surface area contributed by atoms with Crippen molar-refractivity contribution >= 4 is 5.91 Å². The minimum Gasteiger partial charge on any atom is -0.508 e. The summed E-state index contributed by atoms with van der Waals surface area (Å²) < 4.78 is 0. The van der Waals surface area contributed by atoms with Crippen molar-refractivity contribution in [2.24, 2.45) is 5.73 Å². The van der Waals surface area contributed by atoms with Crippen molar-refractivity contribution in [3.05, 3.63) is 29.8 Å². The van der Waals surface area contributed by atoms with Crippen LogP contribution in [0.15, 0.2) is 24.3 Å². The van der Waals surface area contributed by atoms with Gasteiger partial charge >= 0.3 is 0 Å². The lowest BCUT2D eigenvalue weighted by atomic mass is 10.2. The Hall–Kier alpha value is -1.55. The molecule has 0 fully saturated rings. The summed E-state index contributed by atoms with van der Waals surface area (Å²) >= 11 is 0. The summed E-state index contributed by atoms with van der Waals surface area (Å²) in [7, 11) is 0. The molecular formula is C7H9NO3. The Kier molecular flexibility index (Phi) is 3.07. The first-order valence-corrected chi connectivity index (χ1v) is 2.79. The molecule has 0 saturated carbocycles. The van der Waals surface area contributed by atoms with Crippen LogP contribution in [-0.2, 0) is 0 Å². The van der Waals surface area contributed by atoms with Gasteiger partial charge in [-0.05, 0) is 24.3 Å². The highest BCUT2D eigenvalue weighted by Crippen LogP contribution is 2.08. The van der Waals surface area contributed by atoms with E-state index in [2.05, 4.69) is 0 Å². The van der Waals surface area contributed by atoms with Gasteiger partial charge in [0.25, 0.3) is 0 Å². The number of primary amides is 1. The summed E-state index contributed by atoms with van der Waals surface area (Å²) in [4.78, 5) is 10.5. The van der Waals surface area contributed by atoms with Gasteiger partial charge in [0.2, 0.25) is 5.91 Å². The summed E-state index contributed by atoms with van der Waals surface area (Å²) in [6.07, 6.45) is 0. The molecule has 1 rings (SSSR count). The minimum atomic E-state index is -0.486. The molecule has 1 aromatic rings. The fraction of sp³-hybridized carbons (Fsp3) is 0. The van der Waals surface area contributed by atoms with Crippen LogP contribution in [0, 0.1) is 0 Å². The monoisotopic (exact) mass is 155 g/mol.